The molecule has 0 saturated heterocycles. The molecule has 0 radical (unpaired) electrons. The standard InChI is InChI=1S/C9H12O/c1-8(7-10)9-5-3-2-4-6-9/h2-6,8,10H,7H2,1H3/i7D. The number of benzene rings is 1. The molecule has 0 aliphatic heterocycles. The molecule has 54 valence electrons. The summed E-state index contributed by atoms with van der Waals surface area (Å²) < 4.78 is 7.08. The molecule has 0 bridgehead atoms. The lowest BCUT2D eigenvalue weighted by molar-refractivity contribution is 0.273. The fourth-order valence-electron chi connectivity index (χ4n) is 0.843. The van der Waals surface area contributed by atoms with E-state index in [-0.39, 0.29) is 5.92 Å². The van der Waals surface area contributed by atoms with Gasteiger partial charge in [-0.2, -0.15) is 0 Å². The molecule has 0 saturated carbocycles. The zero-order chi connectivity index (χ0) is 8.27. The number of hydrogen-bond acceptors (Lipinski definition) is 1. The second-order valence-electron chi connectivity index (χ2n) is 2.35. The summed E-state index contributed by atoms with van der Waals surface area (Å²) in [6, 6.07) is 9.58. The fraction of sp³-hybridized carbons (Fsp3) is 0.333. The Balaban J connectivity index is 2.77. The maximum atomic E-state index is 8.94. The zero-order valence-electron chi connectivity index (χ0n) is 6.99. The van der Waals surface area contributed by atoms with E-state index in [0.29, 0.717) is 0 Å². The van der Waals surface area contributed by atoms with Crippen LogP contribution in [0.3, 0.4) is 0 Å². The Morgan fingerprint density at radius 1 is 1.50 bits per heavy atom. The van der Waals surface area contributed by atoms with Crippen molar-refractivity contribution in [3.63, 3.8) is 0 Å². The summed E-state index contributed by atoms with van der Waals surface area (Å²) >= 11 is 0. The first-order valence-electron chi connectivity index (χ1n) is 3.95. The van der Waals surface area contributed by atoms with Crippen LogP contribution in [0.5, 0.6) is 0 Å². The van der Waals surface area contributed by atoms with Crippen molar-refractivity contribution in [1.29, 1.82) is 0 Å². The summed E-state index contributed by atoms with van der Waals surface area (Å²) in [6.07, 6.45) is 0. The van der Waals surface area contributed by atoms with E-state index in [4.69, 9.17) is 6.48 Å². The average molecular weight is 137 g/mol. The minimum atomic E-state index is -1.02. The highest BCUT2D eigenvalue weighted by molar-refractivity contribution is 5.18. The lowest BCUT2D eigenvalue weighted by atomic mass is 10.0. The van der Waals surface area contributed by atoms with Crippen LogP contribution in [0.4, 0.5) is 0 Å². The molecule has 1 heteroatoms. The van der Waals surface area contributed by atoms with Crippen LogP contribution >= 0.6 is 0 Å². The van der Waals surface area contributed by atoms with Crippen molar-refractivity contribution < 1.29 is 6.48 Å². The van der Waals surface area contributed by atoms with Crippen molar-refractivity contribution in [2.75, 3.05) is 6.58 Å². The SMILES string of the molecule is [2H]C(O)C(C)c1ccccc1. The van der Waals surface area contributed by atoms with Crippen molar-refractivity contribution in [2.45, 2.75) is 12.8 Å². The average Bonchev–Trinajstić information content (AvgIpc) is 2.05. The minimum Gasteiger partial charge on any atom is -0.396 e. The van der Waals surface area contributed by atoms with Gasteiger partial charge < -0.3 is 5.11 Å². The van der Waals surface area contributed by atoms with Crippen LogP contribution in [0, 0.1) is 0 Å². The van der Waals surface area contributed by atoms with Crippen molar-refractivity contribution in [3.8, 4) is 0 Å². The normalized spacial score (nSPS) is 17.6. The highest BCUT2D eigenvalue weighted by Gasteiger charge is 2.00. The van der Waals surface area contributed by atoms with Gasteiger partial charge in [-0.3, -0.25) is 0 Å². The Bertz CT molecular complexity index is 208. The van der Waals surface area contributed by atoms with Crippen LogP contribution in [0.25, 0.3) is 0 Å². The van der Waals surface area contributed by atoms with E-state index in [9.17, 15) is 0 Å². The molecule has 1 aromatic carbocycles. The van der Waals surface area contributed by atoms with Gasteiger partial charge in [-0.25, -0.2) is 0 Å². The molecule has 2 unspecified atom stereocenters. The van der Waals surface area contributed by atoms with Gasteiger partial charge in [0.15, 0.2) is 0 Å². The summed E-state index contributed by atoms with van der Waals surface area (Å²) in [5.41, 5.74) is 1.01. The van der Waals surface area contributed by atoms with Gasteiger partial charge in [0.05, 0.1) is 1.37 Å². The molecule has 2 atom stereocenters. The van der Waals surface area contributed by atoms with E-state index in [1.807, 2.05) is 37.3 Å². The first-order valence-corrected chi connectivity index (χ1v) is 3.37. The third-order valence-electron chi connectivity index (χ3n) is 1.55. The number of aliphatic hydroxyl groups is 1. The maximum Gasteiger partial charge on any atom is 0.0570 e. The van der Waals surface area contributed by atoms with Gasteiger partial charge in [-0.1, -0.05) is 37.3 Å². The van der Waals surface area contributed by atoms with E-state index in [1.54, 1.807) is 0 Å². The zero-order valence-corrected chi connectivity index (χ0v) is 5.99. The Kier molecular flexibility index (Phi) is 2.00. The van der Waals surface area contributed by atoms with Gasteiger partial charge in [0.25, 0.3) is 0 Å². The molecule has 0 fully saturated rings. The molecule has 1 rings (SSSR count). The molecule has 0 aromatic heterocycles. The summed E-state index contributed by atoms with van der Waals surface area (Å²) in [4.78, 5) is 0. The summed E-state index contributed by atoms with van der Waals surface area (Å²) in [7, 11) is 0. The van der Waals surface area contributed by atoms with Gasteiger partial charge in [0.2, 0.25) is 0 Å². The Hall–Kier alpha value is -0.820. The van der Waals surface area contributed by atoms with Crippen LogP contribution in [-0.4, -0.2) is 11.7 Å². The van der Waals surface area contributed by atoms with Gasteiger partial charge in [-0.15, -0.1) is 0 Å². The summed E-state index contributed by atoms with van der Waals surface area (Å²) in [5, 5.41) is 8.94. The summed E-state index contributed by atoms with van der Waals surface area (Å²) in [6.45, 7) is 0.824. The molecule has 0 spiro atoms. The molecule has 1 aromatic rings. The van der Waals surface area contributed by atoms with Gasteiger partial charge in [-0.05, 0) is 5.56 Å². The van der Waals surface area contributed by atoms with E-state index < -0.39 is 6.58 Å². The first-order chi connectivity index (χ1) is 5.22. The smallest absolute Gasteiger partial charge is 0.0570 e. The highest BCUT2D eigenvalue weighted by Crippen LogP contribution is 2.12. The van der Waals surface area contributed by atoms with Crippen LogP contribution in [0.15, 0.2) is 30.3 Å². The lowest BCUT2D eigenvalue weighted by Crippen LogP contribution is -1.97. The molecular weight excluding hydrogens is 124 g/mol. The van der Waals surface area contributed by atoms with Gasteiger partial charge >= 0.3 is 0 Å². The Labute approximate surface area is 62.7 Å². The van der Waals surface area contributed by atoms with Gasteiger partial charge in [0.1, 0.15) is 0 Å². The largest absolute Gasteiger partial charge is 0.396 e. The van der Waals surface area contributed by atoms with E-state index in [2.05, 4.69) is 0 Å². The fourth-order valence-corrected chi connectivity index (χ4v) is 0.843. The van der Waals surface area contributed by atoms with Gasteiger partial charge in [0, 0.05) is 12.5 Å². The number of aliphatic hydroxyl groups excluding tert-OH is 1. The molecule has 1 nitrogen and oxygen atoms in total. The minimum absolute atomic E-state index is 0.101. The van der Waals surface area contributed by atoms with Crippen LogP contribution < -0.4 is 0 Å². The third-order valence-corrected chi connectivity index (χ3v) is 1.55. The molecule has 0 heterocycles. The van der Waals surface area contributed by atoms with E-state index in [0.717, 1.165) is 5.56 Å². The number of rotatable bonds is 2. The predicted molar refractivity (Wildman–Crippen MR) is 41.9 cm³/mol. The first kappa shape index (κ1) is 5.93. The predicted octanol–water partition coefficient (Wildman–Crippen LogP) is 1.78. The molecule has 0 aliphatic carbocycles. The summed E-state index contributed by atoms with van der Waals surface area (Å²) in [5.74, 6) is -0.101. The molecular formula is C9H12O. The second kappa shape index (κ2) is 3.37. The van der Waals surface area contributed by atoms with Crippen LogP contribution in [0.1, 0.15) is 19.8 Å². The highest BCUT2D eigenvalue weighted by atomic mass is 16.3. The van der Waals surface area contributed by atoms with E-state index >= 15 is 0 Å². The third kappa shape index (κ3) is 1.58. The van der Waals surface area contributed by atoms with Crippen molar-refractivity contribution in [3.05, 3.63) is 35.9 Å². The Morgan fingerprint density at radius 2 is 2.10 bits per heavy atom. The van der Waals surface area contributed by atoms with Crippen molar-refractivity contribution in [1.82, 2.24) is 0 Å². The molecule has 10 heavy (non-hydrogen) atoms. The molecule has 0 aliphatic rings. The molecule has 1 N–H and O–H groups in total. The van der Waals surface area contributed by atoms with Crippen LogP contribution in [-0.2, 0) is 0 Å². The lowest BCUT2D eigenvalue weighted by Gasteiger charge is -2.05. The van der Waals surface area contributed by atoms with Crippen molar-refractivity contribution >= 4 is 0 Å². The monoisotopic (exact) mass is 137 g/mol. The second-order valence-corrected chi connectivity index (χ2v) is 2.35. The number of hydrogen-bond donors (Lipinski definition) is 1. The van der Waals surface area contributed by atoms with E-state index in [1.165, 1.54) is 0 Å². The molecule has 0 amide bonds. The van der Waals surface area contributed by atoms with Crippen molar-refractivity contribution in [2.24, 2.45) is 0 Å². The quantitative estimate of drug-likeness (QED) is 0.658. The Morgan fingerprint density at radius 3 is 2.60 bits per heavy atom. The maximum absolute atomic E-state index is 8.94. The van der Waals surface area contributed by atoms with Crippen LogP contribution in [0.2, 0.25) is 0 Å². The topological polar surface area (TPSA) is 20.2 Å².